The monoisotopic (exact) mass is 217 g/mol. The number of hydrogen-bond acceptors (Lipinski definition) is 5. The Kier molecular flexibility index (Phi) is 1.72. The number of furan rings is 1. The summed E-state index contributed by atoms with van der Waals surface area (Å²) in [5.41, 5.74) is 7.28. The van der Waals surface area contributed by atoms with Crippen molar-refractivity contribution >= 4 is 28.5 Å². The molecule has 3 aromatic rings. The molecule has 0 unspecified atom stereocenters. The van der Waals surface area contributed by atoms with Gasteiger partial charge >= 0.3 is 0 Å². The smallest absolute Gasteiger partial charge is 0.232 e. The summed E-state index contributed by atoms with van der Waals surface area (Å²) in [5.74, 6) is 0.306. The van der Waals surface area contributed by atoms with Gasteiger partial charge in [0.25, 0.3) is 0 Å². The summed E-state index contributed by atoms with van der Waals surface area (Å²) in [7, 11) is 0. The van der Waals surface area contributed by atoms with Crippen LogP contribution >= 0.6 is 11.5 Å². The Labute approximate surface area is 89.5 Å². The molecule has 0 aliphatic carbocycles. The summed E-state index contributed by atoms with van der Waals surface area (Å²) in [6.07, 6.45) is 1.69. The van der Waals surface area contributed by atoms with Crippen molar-refractivity contribution in [3.8, 4) is 10.6 Å². The number of nitrogens with zero attached hydrogens (tertiary/aromatic N) is 2. The summed E-state index contributed by atoms with van der Waals surface area (Å²) < 4.78 is 9.36. The Hall–Kier alpha value is -1.88. The molecule has 74 valence electrons. The number of benzene rings is 1. The largest absolute Gasteiger partial charge is 0.464 e. The van der Waals surface area contributed by atoms with Crippen molar-refractivity contribution in [2.45, 2.75) is 0 Å². The van der Waals surface area contributed by atoms with Gasteiger partial charge in [0.2, 0.25) is 5.95 Å². The highest BCUT2D eigenvalue weighted by Gasteiger charge is 2.11. The Balaban J connectivity index is 2.27. The minimum atomic E-state index is 0.306. The first-order valence-electron chi connectivity index (χ1n) is 4.40. The highest BCUT2D eigenvalue weighted by Crippen LogP contribution is 2.31. The predicted molar refractivity (Wildman–Crippen MR) is 59.5 cm³/mol. The number of nitrogens with two attached hydrogens (primary N) is 1. The van der Waals surface area contributed by atoms with Crippen LogP contribution in [0, 0.1) is 0 Å². The van der Waals surface area contributed by atoms with Crippen LogP contribution < -0.4 is 5.73 Å². The van der Waals surface area contributed by atoms with Crippen molar-refractivity contribution in [2.24, 2.45) is 0 Å². The van der Waals surface area contributed by atoms with Crippen LogP contribution in [0.5, 0.6) is 0 Å². The molecule has 2 aromatic heterocycles. The molecule has 2 heterocycles. The first-order valence-corrected chi connectivity index (χ1v) is 5.18. The molecule has 15 heavy (non-hydrogen) atoms. The third kappa shape index (κ3) is 1.28. The zero-order chi connectivity index (χ0) is 10.3. The second kappa shape index (κ2) is 3.06. The fraction of sp³-hybridized carbons (Fsp3) is 0. The van der Waals surface area contributed by atoms with Gasteiger partial charge in [0.05, 0.1) is 5.56 Å². The molecule has 2 N–H and O–H groups in total. The van der Waals surface area contributed by atoms with Gasteiger partial charge in [-0.1, -0.05) is 18.2 Å². The van der Waals surface area contributed by atoms with Crippen LogP contribution in [0.2, 0.25) is 0 Å². The molecule has 0 amide bonds. The summed E-state index contributed by atoms with van der Waals surface area (Å²) >= 11 is 1.28. The molecule has 0 bridgehead atoms. The van der Waals surface area contributed by atoms with E-state index in [4.69, 9.17) is 10.2 Å². The highest BCUT2D eigenvalue weighted by atomic mass is 32.1. The first kappa shape index (κ1) is 8.43. The van der Waals surface area contributed by atoms with Gasteiger partial charge in [0, 0.05) is 5.39 Å². The molecule has 0 spiro atoms. The van der Waals surface area contributed by atoms with Crippen molar-refractivity contribution in [1.82, 2.24) is 9.36 Å². The first-order chi connectivity index (χ1) is 7.34. The van der Waals surface area contributed by atoms with Crippen LogP contribution in [0.25, 0.3) is 21.5 Å². The van der Waals surface area contributed by atoms with Gasteiger partial charge in [0.1, 0.15) is 16.9 Å². The number of rotatable bonds is 1. The van der Waals surface area contributed by atoms with Gasteiger partial charge in [-0.15, -0.1) is 0 Å². The number of aromatic nitrogens is 2. The number of fused-ring (bicyclic) bond motifs is 1. The lowest BCUT2D eigenvalue weighted by atomic mass is 10.2. The van der Waals surface area contributed by atoms with E-state index in [2.05, 4.69) is 9.36 Å². The average molecular weight is 217 g/mol. The third-order valence-corrected chi connectivity index (χ3v) is 2.92. The minimum absolute atomic E-state index is 0.306. The molecule has 5 heteroatoms. The predicted octanol–water partition coefficient (Wildman–Crippen LogP) is 2.53. The minimum Gasteiger partial charge on any atom is -0.464 e. The zero-order valence-electron chi connectivity index (χ0n) is 7.68. The molecule has 4 nitrogen and oxygen atoms in total. The molecule has 0 atom stereocenters. The molecule has 0 aliphatic rings. The lowest BCUT2D eigenvalue weighted by Crippen LogP contribution is -1.85. The quantitative estimate of drug-likeness (QED) is 0.680. The van der Waals surface area contributed by atoms with Gasteiger partial charge in [-0.3, -0.25) is 0 Å². The van der Waals surface area contributed by atoms with Gasteiger partial charge in [-0.25, -0.2) is 0 Å². The van der Waals surface area contributed by atoms with Crippen molar-refractivity contribution < 1.29 is 4.42 Å². The van der Waals surface area contributed by atoms with Crippen molar-refractivity contribution in [2.75, 3.05) is 5.73 Å². The number of nitrogen functional groups attached to an aromatic ring is 1. The Bertz CT molecular complexity index is 614. The van der Waals surface area contributed by atoms with E-state index in [1.54, 1.807) is 6.26 Å². The van der Waals surface area contributed by atoms with E-state index in [0.717, 1.165) is 21.5 Å². The molecular formula is C10H7N3OS. The molecule has 0 fully saturated rings. The average Bonchev–Trinajstić information content (AvgIpc) is 2.83. The molecule has 1 aromatic carbocycles. The van der Waals surface area contributed by atoms with E-state index in [1.807, 2.05) is 24.3 Å². The van der Waals surface area contributed by atoms with Crippen molar-refractivity contribution in [3.63, 3.8) is 0 Å². The summed E-state index contributed by atoms with van der Waals surface area (Å²) in [6.45, 7) is 0. The van der Waals surface area contributed by atoms with E-state index in [0.29, 0.717) is 5.95 Å². The molecule has 0 saturated carbocycles. The lowest BCUT2D eigenvalue weighted by Gasteiger charge is -1.89. The van der Waals surface area contributed by atoms with Crippen LogP contribution in [0.15, 0.2) is 34.9 Å². The molecule has 0 radical (unpaired) electrons. The molecular weight excluding hydrogens is 210 g/mol. The standard InChI is InChI=1S/C10H7N3OS/c11-10-12-9(15-13-10)7-5-14-8-4-2-1-3-6(7)8/h1-5H,(H2,11,13). The maximum Gasteiger partial charge on any atom is 0.232 e. The lowest BCUT2D eigenvalue weighted by molar-refractivity contribution is 0.617. The summed E-state index contributed by atoms with van der Waals surface area (Å²) in [6, 6.07) is 7.81. The van der Waals surface area contributed by atoms with Gasteiger partial charge < -0.3 is 10.2 Å². The zero-order valence-corrected chi connectivity index (χ0v) is 8.49. The Morgan fingerprint density at radius 3 is 2.93 bits per heavy atom. The highest BCUT2D eigenvalue weighted by molar-refractivity contribution is 7.09. The van der Waals surface area contributed by atoms with E-state index in [-0.39, 0.29) is 0 Å². The van der Waals surface area contributed by atoms with E-state index in [1.165, 1.54) is 11.5 Å². The summed E-state index contributed by atoms with van der Waals surface area (Å²) in [4.78, 5) is 4.13. The Morgan fingerprint density at radius 1 is 1.27 bits per heavy atom. The molecule has 0 aliphatic heterocycles. The molecule has 3 rings (SSSR count). The van der Waals surface area contributed by atoms with Crippen LogP contribution in [0.1, 0.15) is 0 Å². The number of para-hydroxylation sites is 1. The third-order valence-electron chi connectivity index (χ3n) is 2.15. The van der Waals surface area contributed by atoms with E-state index < -0.39 is 0 Å². The number of hydrogen-bond donors (Lipinski definition) is 1. The maximum atomic E-state index is 5.49. The topological polar surface area (TPSA) is 64.9 Å². The van der Waals surface area contributed by atoms with Gasteiger partial charge in [0.15, 0.2) is 0 Å². The van der Waals surface area contributed by atoms with Crippen LogP contribution in [-0.4, -0.2) is 9.36 Å². The van der Waals surface area contributed by atoms with Gasteiger partial charge in [-0.05, 0) is 17.6 Å². The van der Waals surface area contributed by atoms with Gasteiger partial charge in [-0.2, -0.15) is 9.36 Å². The SMILES string of the molecule is Nc1nsc(-c2coc3ccccc23)n1. The normalized spacial score (nSPS) is 10.9. The van der Waals surface area contributed by atoms with Crippen molar-refractivity contribution in [3.05, 3.63) is 30.5 Å². The van der Waals surface area contributed by atoms with Crippen LogP contribution in [0.4, 0.5) is 5.95 Å². The van der Waals surface area contributed by atoms with Crippen LogP contribution in [0.3, 0.4) is 0 Å². The second-order valence-corrected chi connectivity index (χ2v) is 3.86. The molecule has 0 saturated heterocycles. The van der Waals surface area contributed by atoms with E-state index in [9.17, 15) is 0 Å². The van der Waals surface area contributed by atoms with E-state index >= 15 is 0 Å². The fourth-order valence-corrected chi connectivity index (χ4v) is 2.10. The summed E-state index contributed by atoms with van der Waals surface area (Å²) in [5, 5.41) is 1.83. The maximum absolute atomic E-state index is 5.49. The Morgan fingerprint density at radius 2 is 2.13 bits per heavy atom. The van der Waals surface area contributed by atoms with Crippen molar-refractivity contribution in [1.29, 1.82) is 0 Å². The number of anilines is 1. The van der Waals surface area contributed by atoms with Crippen LogP contribution in [-0.2, 0) is 0 Å². The fourth-order valence-electron chi connectivity index (χ4n) is 1.49. The second-order valence-electron chi connectivity index (χ2n) is 3.10.